The molecule has 0 amide bonds. The molecule has 4 rings (SSSR count). The molecular weight excluding hydrogens is 332 g/mol. The lowest BCUT2D eigenvalue weighted by molar-refractivity contribution is -0.245. The molecule has 0 aromatic carbocycles. The molecule has 0 radical (unpaired) electrons. The number of aliphatic hydroxyl groups is 2. The highest BCUT2D eigenvalue weighted by molar-refractivity contribution is 5.69. The van der Waals surface area contributed by atoms with Crippen LogP contribution in [0.15, 0.2) is 0 Å². The van der Waals surface area contributed by atoms with Crippen LogP contribution in [0.5, 0.6) is 0 Å². The Kier molecular flexibility index (Phi) is 4.64. The van der Waals surface area contributed by atoms with Crippen molar-refractivity contribution in [2.75, 3.05) is 6.61 Å². The summed E-state index contributed by atoms with van der Waals surface area (Å²) >= 11 is 0. The van der Waals surface area contributed by atoms with Crippen LogP contribution in [-0.4, -0.2) is 41.3 Å². The van der Waals surface area contributed by atoms with Crippen LogP contribution in [0.1, 0.15) is 65.7 Å². The first-order valence-corrected chi connectivity index (χ1v) is 10.5. The summed E-state index contributed by atoms with van der Waals surface area (Å²) in [5, 5.41) is 21.0. The standard InChI is InChI=1S/C21H34O5/c1-4-17(23)26-16-6-5-13-19-14(7-8-20(13,16)2)21(3)11-25-18(24)10-12(21)9-15(19)22/h12-16,18-19,22,24H,4-11H2,1-3H3/t12-,13-,14-,15-,16-,18-,19-,20-,21-/m0/s1. The third kappa shape index (κ3) is 2.65. The average Bonchev–Trinajstić information content (AvgIpc) is 2.93. The van der Waals surface area contributed by atoms with Gasteiger partial charge in [0.15, 0.2) is 6.29 Å². The highest BCUT2D eigenvalue weighted by atomic mass is 16.6. The molecule has 0 spiro atoms. The number of fused-ring (bicyclic) bond motifs is 5. The van der Waals surface area contributed by atoms with Crippen molar-refractivity contribution in [3.8, 4) is 0 Å². The molecule has 26 heavy (non-hydrogen) atoms. The van der Waals surface area contributed by atoms with Crippen molar-refractivity contribution in [3.05, 3.63) is 0 Å². The molecule has 3 aliphatic carbocycles. The molecule has 1 aliphatic heterocycles. The molecule has 9 atom stereocenters. The van der Waals surface area contributed by atoms with Crippen molar-refractivity contribution in [2.45, 2.75) is 84.2 Å². The SMILES string of the molecule is CCC(=O)O[C@H]1CC[C@H]2[C@@H]3[C@@H](O)C[C@H]4C[C@@H](O)OC[C@]4(C)[C@H]3CC[C@]12C. The van der Waals surface area contributed by atoms with E-state index in [9.17, 15) is 15.0 Å². The first kappa shape index (κ1) is 18.7. The lowest BCUT2D eigenvalue weighted by atomic mass is 9.46. The van der Waals surface area contributed by atoms with E-state index >= 15 is 0 Å². The fourth-order valence-electron chi connectivity index (χ4n) is 7.09. The summed E-state index contributed by atoms with van der Waals surface area (Å²) in [6, 6.07) is 0. The number of ether oxygens (including phenoxy) is 2. The second-order valence-electron chi connectivity index (χ2n) is 9.75. The minimum atomic E-state index is -0.685. The van der Waals surface area contributed by atoms with E-state index in [-0.39, 0.29) is 34.9 Å². The first-order valence-electron chi connectivity index (χ1n) is 10.5. The van der Waals surface area contributed by atoms with E-state index < -0.39 is 6.29 Å². The normalized spacial score (nSPS) is 53.3. The van der Waals surface area contributed by atoms with E-state index in [4.69, 9.17) is 9.47 Å². The highest BCUT2D eigenvalue weighted by Crippen LogP contribution is 2.65. The highest BCUT2D eigenvalue weighted by Gasteiger charge is 2.63. The molecule has 0 unspecified atom stereocenters. The number of esters is 1. The Balaban J connectivity index is 1.59. The zero-order valence-corrected chi connectivity index (χ0v) is 16.3. The Morgan fingerprint density at radius 3 is 2.58 bits per heavy atom. The molecule has 1 heterocycles. The Hall–Kier alpha value is -0.650. The van der Waals surface area contributed by atoms with E-state index in [1.807, 2.05) is 6.92 Å². The summed E-state index contributed by atoms with van der Waals surface area (Å²) in [5.74, 6) is 1.28. The summed E-state index contributed by atoms with van der Waals surface area (Å²) in [5.41, 5.74) is 0.00779. The second-order valence-corrected chi connectivity index (χ2v) is 9.75. The van der Waals surface area contributed by atoms with Gasteiger partial charge in [-0.2, -0.15) is 0 Å². The fraction of sp³-hybridized carbons (Fsp3) is 0.952. The van der Waals surface area contributed by atoms with Gasteiger partial charge in [-0.1, -0.05) is 20.8 Å². The molecule has 0 aromatic heterocycles. The van der Waals surface area contributed by atoms with Gasteiger partial charge in [0, 0.05) is 18.3 Å². The predicted octanol–water partition coefficient (Wildman–Crippen LogP) is 2.88. The maximum Gasteiger partial charge on any atom is 0.305 e. The van der Waals surface area contributed by atoms with Crippen molar-refractivity contribution in [2.24, 2.45) is 34.5 Å². The summed E-state index contributed by atoms with van der Waals surface area (Å²) in [6.45, 7) is 7.01. The molecule has 5 heteroatoms. The topological polar surface area (TPSA) is 76.0 Å². The van der Waals surface area contributed by atoms with Gasteiger partial charge in [-0.25, -0.2) is 0 Å². The van der Waals surface area contributed by atoms with Gasteiger partial charge in [-0.05, 0) is 61.2 Å². The molecule has 3 saturated carbocycles. The third-order valence-corrected chi connectivity index (χ3v) is 8.63. The van der Waals surface area contributed by atoms with Crippen molar-refractivity contribution in [1.29, 1.82) is 0 Å². The largest absolute Gasteiger partial charge is 0.462 e. The van der Waals surface area contributed by atoms with Crippen LogP contribution in [0.2, 0.25) is 0 Å². The molecule has 148 valence electrons. The molecule has 5 nitrogen and oxygen atoms in total. The summed E-state index contributed by atoms with van der Waals surface area (Å²) < 4.78 is 11.5. The van der Waals surface area contributed by atoms with Crippen LogP contribution in [-0.2, 0) is 14.3 Å². The predicted molar refractivity (Wildman–Crippen MR) is 96.0 cm³/mol. The Bertz CT molecular complexity index is 565. The lowest BCUT2D eigenvalue weighted by Crippen LogP contribution is -2.60. The summed E-state index contributed by atoms with van der Waals surface area (Å²) in [4.78, 5) is 11.9. The zero-order chi connectivity index (χ0) is 18.7. The first-order chi connectivity index (χ1) is 12.3. The number of carbonyl (C=O) groups excluding carboxylic acids is 1. The smallest absolute Gasteiger partial charge is 0.305 e. The monoisotopic (exact) mass is 366 g/mol. The minimum Gasteiger partial charge on any atom is -0.462 e. The van der Waals surface area contributed by atoms with Gasteiger partial charge in [0.05, 0.1) is 12.7 Å². The van der Waals surface area contributed by atoms with E-state index in [0.717, 1.165) is 32.1 Å². The molecule has 0 aromatic rings. The van der Waals surface area contributed by atoms with Crippen molar-refractivity contribution >= 4 is 5.97 Å². The van der Waals surface area contributed by atoms with Crippen molar-refractivity contribution in [1.82, 2.24) is 0 Å². The van der Waals surface area contributed by atoms with E-state index in [1.54, 1.807) is 0 Å². The van der Waals surface area contributed by atoms with Crippen molar-refractivity contribution in [3.63, 3.8) is 0 Å². The molecule has 0 bridgehead atoms. The maximum absolute atomic E-state index is 11.9. The second kappa shape index (κ2) is 6.46. The summed E-state index contributed by atoms with van der Waals surface area (Å²) in [6.07, 6.45) is 4.81. The van der Waals surface area contributed by atoms with E-state index in [1.165, 1.54) is 0 Å². The number of carbonyl (C=O) groups is 1. The average molecular weight is 366 g/mol. The van der Waals surface area contributed by atoms with Gasteiger partial charge in [-0.15, -0.1) is 0 Å². The van der Waals surface area contributed by atoms with E-state index in [2.05, 4.69) is 13.8 Å². The van der Waals surface area contributed by atoms with Crippen LogP contribution >= 0.6 is 0 Å². The van der Waals surface area contributed by atoms with Gasteiger partial charge in [0.25, 0.3) is 0 Å². The Morgan fingerprint density at radius 2 is 1.85 bits per heavy atom. The van der Waals surface area contributed by atoms with Gasteiger partial charge in [-0.3, -0.25) is 4.79 Å². The molecule has 4 aliphatic rings. The lowest BCUT2D eigenvalue weighted by Gasteiger charge is -2.61. The van der Waals surface area contributed by atoms with Crippen LogP contribution < -0.4 is 0 Å². The number of hydrogen-bond donors (Lipinski definition) is 2. The number of aliphatic hydroxyl groups excluding tert-OH is 2. The van der Waals surface area contributed by atoms with Gasteiger partial charge in [0.1, 0.15) is 6.10 Å². The van der Waals surface area contributed by atoms with Crippen molar-refractivity contribution < 1.29 is 24.5 Å². The molecule has 4 fully saturated rings. The zero-order valence-electron chi connectivity index (χ0n) is 16.3. The Labute approximate surface area is 156 Å². The fourth-order valence-corrected chi connectivity index (χ4v) is 7.09. The molecule has 2 N–H and O–H groups in total. The van der Waals surface area contributed by atoms with Crippen LogP contribution in [0.4, 0.5) is 0 Å². The summed E-state index contributed by atoms with van der Waals surface area (Å²) in [7, 11) is 0. The maximum atomic E-state index is 11.9. The van der Waals surface area contributed by atoms with E-state index in [0.29, 0.717) is 37.2 Å². The third-order valence-electron chi connectivity index (χ3n) is 8.63. The van der Waals surface area contributed by atoms with Crippen LogP contribution in [0.3, 0.4) is 0 Å². The number of hydrogen-bond acceptors (Lipinski definition) is 5. The van der Waals surface area contributed by atoms with Gasteiger partial charge >= 0.3 is 5.97 Å². The number of rotatable bonds is 2. The Morgan fingerprint density at radius 1 is 1.12 bits per heavy atom. The van der Waals surface area contributed by atoms with Gasteiger partial charge < -0.3 is 19.7 Å². The van der Waals surface area contributed by atoms with Crippen LogP contribution in [0.25, 0.3) is 0 Å². The molecule has 1 saturated heterocycles. The van der Waals surface area contributed by atoms with Gasteiger partial charge in [0.2, 0.25) is 0 Å². The minimum absolute atomic E-state index is 0.0111. The molecular formula is C21H34O5. The quantitative estimate of drug-likeness (QED) is 0.735. The van der Waals surface area contributed by atoms with Crippen LogP contribution in [0, 0.1) is 34.5 Å².